The van der Waals surface area contributed by atoms with Crippen molar-refractivity contribution in [2.24, 2.45) is 0 Å². The number of nitriles is 1. The van der Waals surface area contributed by atoms with Crippen LogP contribution in [-0.2, 0) is 4.79 Å². The summed E-state index contributed by atoms with van der Waals surface area (Å²) in [5, 5.41) is 41.6. The van der Waals surface area contributed by atoms with Gasteiger partial charge in [-0.25, -0.2) is 0 Å². The summed E-state index contributed by atoms with van der Waals surface area (Å²) in [6.07, 6.45) is 1.13. The number of ether oxygens (including phenoxy) is 1. The second kappa shape index (κ2) is 7.67. The lowest BCUT2D eigenvalue weighted by Crippen LogP contribution is -2.13. The van der Waals surface area contributed by atoms with Crippen molar-refractivity contribution in [1.29, 1.82) is 5.26 Å². The molecular formula is C17H13N3O6. The van der Waals surface area contributed by atoms with Crippen molar-refractivity contribution in [1.82, 2.24) is 0 Å². The number of carbonyl (C=O) groups is 1. The van der Waals surface area contributed by atoms with Crippen LogP contribution in [-0.4, -0.2) is 28.2 Å². The molecule has 2 aromatic rings. The third-order valence-corrected chi connectivity index (χ3v) is 3.30. The van der Waals surface area contributed by atoms with Crippen LogP contribution in [0.15, 0.2) is 42.0 Å². The van der Waals surface area contributed by atoms with Gasteiger partial charge in [-0.05, 0) is 42.0 Å². The molecule has 0 saturated heterocycles. The van der Waals surface area contributed by atoms with Crippen molar-refractivity contribution in [2.75, 3.05) is 12.4 Å². The van der Waals surface area contributed by atoms with Crippen LogP contribution in [0.2, 0.25) is 0 Å². The van der Waals surface area contributed by atoms with Gasteiger partial charge in [-0.2, -0.15) is 5.26 Å². The van der Waals surface area contributed by atoms with Gasteiger partial charge >= 0.3 is 5.69 Å². The lowest BCUT2D eigenvalue weighted by Gasteiger charge is -2.07. The second-order valence-corrected chi connectivity index (χ2v) is 5.02. The third-order valence-electron chi connectivity index (χ3n) is 3.30. The van der Waals surface area contributed by atoms with Gasteiger partial charge in [-0.1, -0.05) is 0 Å². The van der Waals surface area contributed by atoms with Crippen molar-refractivity contribution in [2.45, 2.75) is 0 Å². The Morgan fingerprint density at radius 2 is 1.96 bits per heavy atom. The largest absolute Gasteiger partial charge is 0.508 e. The molecule has 0 aliphatic heterocycles. The quantitative estimate of drug-likeness (QED) is 0.245. The lowest BCUT2D eigenvalue weighted by atomic mass is 10.1. The number of methoxy groups -OCH3 is 1. The van der Waals surface area contributed by atoms with E-state index in [4.69, 9.17) is 4.74 Å². The lowest BCUT2D eigenvalue weighted by molar-refractivity contribution is -0.386. The minimum Gasteiger partial charge on any atom is -0.508 e. The van der Waals surface area contributed by atoms with Crippen molar-refractivity contribution < 1.29 is 24.7 Å². The number of hydrogen-bond donors (Lipinski definition) is 3. The molecule has 0 aliphatic carbocycles. The number of nitro benzene ring substituents is 1. The first kappa shape index (κ1) is 18.3. The number of phenols is 2. The maximum Gasteiger partial charge on any atom is 0.315 e. The highest BCUT2D eigenvalue weighted by molar-refractivity contribution is 6.09. The number of carbonyl (C=O) groups excluding carboxylic acids is 1. The van der Waals surface area contributed by atoms with E-state index in [0.717, 1.165) is 12.1 Å². The van der Waals surface area contributed by atoms with Crippen LogP contribution in [0.1, 0.15) is 5.56 Å². The van der Waals surface area contributed by atoms with E-state index in [1.54, 1.807) is 6.07 Å². The average Bonchev–Trinajstić information content (AvgIpc) is 2.62. The summed E-state index contributed by atoms with van der Waals surface area (Å²) < 4.78 is 4.87. The topological polar surface area (TPSA) is 146 Å². The molecule has 0 radical (unpaired) electrons. The Labute approximate surface area is 147 Å². The van der Waals surface area contributed by atoms with E-state index in [2.05, 4.69) is 5.32 Å². The predicted molar refractivity (Wildman–Crippen MR) is 91.6 cm³/mol. The Morgan fingerprint density at radius 1 is 1.31 bits per heavy atom. The van der Waals surface area contributed by atoms with Crippen molar-refractivity contribution in [3.63, 3.8) is 0 Å². The molecule has 0 spiro atoms. The van der Waals surface area contributed by atoms with Crippen LogP contribution >= 0.6 is 0 Å². The van der Waals surface area contributed by atoms with Crippen LogP contribution in [0.4, 0.5) is 11.4 Å². The standard InChI is InChI=1S/C17H13N3O6/c1-26-15-8-10(7-14(16(15)22)20(24)25)6-11(9-18)17(23)19-12-2-4-13(21)5-3-12/h2-8,21-22H,1H3,(H,19,23)/b11-6+. The van der Waals surface area contributed by atoms with Gasteiger partial charge in [0.1, 0.15) is 17.4 Å². The summed E-state index contributed by atoms with van der Waals surface area (Å²) in [5.41, 5.74) is -0.459. The number of benzene rings is 2. The maximum absolute atomic E-state index is 12.2. The van der Waals surface area contributed by atoms with Crippen molar-refractivity contribution in [3.8, 4) is 23.3 Å². The summed E-state index contributed by atoms with van der Waals surface area (Å²) in [6.45, 7) is 0. The zero-order valence-corrected chi connectivity index (χ0v) is 13.5. The van der Waals surface area contributed by atoms with Gasteiger partial charge in [-0.3, -0.25) is 14.9 Å². The van der Waals surface area contributed by atoms with E-state index < -0.39 is 22.3 Å². The predicted octanol–water partition coefficient (Wildman–Crippen LogP) is 2.56. The second-order valence-electron chi connectivity index (χ2n) is 5.02. The first-order chi connectivity index (χ1) is 12.3. The Hall–Kier alpha value is -4.06. The smallest absolute Gasteiger partial charge is 0.315 e. The molecule has 2 rings (SSSR count). The third kappa shape index (κ3) is 4.07. The number of hydrogen-bond acceptors (Lipinski definition) is 7. The van der Waals surface area contributed by atoms with Crippen LogP contribution in [0.5, 0.6) is 17.2 Å². The van der Waals surface area contributed by atoms with E-state index in [9.17, 15) is 30.4 Å². The molecule has 0 unspecified atom stereocenters. The molecular weight excluding hydrogens is 342 g/mol. The van der Waals surface area contributed by atoms with Crippen LogP contribution < -0.4 is 10.1 Å². The highest BCUT2D eigenvalue weighted by Crippen LogP contribution is 2.37. The average molecular weight is 355 g/mol. The monoisotopic (exact) mass is 355 g/mol. The first-order valence-corrected chi connectivity index (χ1v) is 7.13. The number of aromatic hydroxyl groups is 2. The summed E-state index contributed by atoms with van der Waals surface area (Å²) in [7, 11) is 1.22. The van der Waals surface area contributed by atoms with Crippen molar-refractivity contribution in [3.05, 3.63) is 57.6 Å². The summed E-state index contributed by atoms with van der Waals surface area (Å²) in [4.78, 5) is 22.4. The molecule has 9 nitrogen and oxygen atoms in total. The molecule has 0 aromatic heterocycles. The molecule has 0 aliphatic rings. The fourth-order valence-corrected chi connectivity index (χ4v) is 2.05. The minimum absolute atomic E-state index is 0.0162. The molecule has 0 saturated carbocycles. The summed E-state index contributed by atoms with van der Waals surface area (Å²) in [5.74, 6) is -1.54. The first-order valence-electron chi connectivity index (χ1n) is 7.13. The number of nitrogens with zero attached hydrogens (tertiary/aromatic N) is 2. The zero-order chi connectivity index (χ0) is 19.3. The van der Waals surface area contributed by atoms with E-state index in [-0.39, 0.29) is 22.6 Å². The Morgan fingerprint density at radius 3 is 2.50 bits per heavy atom. The van der Waals surface area contributed by atoms with Gasteiger partial charge in [0, 0.05) is 11.8 Å². The molecule has 0 heterocycles. The van der Waals surface area contributed by atoms with Gasteiger partial charge in [0.2, 0.25) is 5.75 Å². The van der Waals surface area contributed by atoms with Crippen molar-refractivity contribution >= 4 is 23.4 Å². The molecule has 9 heteroatoms. The molecule has 26 heavy (non-hydrogen) atoms. The fourth-order valence-electron chi connectivity index (χ4n) is 2.05. The van der Waals surface area contributed by atoms with Crippen LogP contribution in [0.25, 0.3) is 6.08 Å². The molecule has 0 fully saturated rings. The Balaban J connectivity index is 2.37. The van der Waals surface area contributed by atoms with Crippen LogP contribution in [0.3, 0.4) is 0 Å². The van der Waals surface area contributed by atoms with Gasteiger partial charge in [0.05, 0.1) is 12.0 Å². The Bertz CT molecular complexity index is 929. The highest BCUT2D eigenvalue weighted by atomic mass is 16.6. The Kier molecular flexibility index (Phi) is 5.40. The molecule has 3 N–H and O–H groups in total. The van der Waals surface area contributed by atoms with Gasteiger partial charge in [-0.15, -0.1) is 0 Å². The number of nitro groups is 1. The minimum atomic E-state index is -0.808. The molecule has 132 valence electrons. The number of phenolic OH excluding ortho intramolecular Hbond substituents is 2. The van der Waals surface area contributed by atoms with E-state index in [0.29, 0.717) is 5.69 Å². The van der Waals surface area contributed by atoms with Gasteiger partial charge in [0.25, 0.3) is 5.91 Å². The van der Waals surface area contributed by atoms with E-state index in [1.165, 1.54) is 37.4 Å². The zero-order valence-electron chi connectivity index (χ0n) is 13.5. The molecule has 1 amide bonds. The summed E-state index contributed by atoms with van der Waals surface area (Å²) >= 11 is 0. The normalized spacial score (nSPS) is 10.7. The van der Waals surface area contributed by atoms with E-state index >= 15 is 0 Å². The van der Waals surface area contributed by atoms with Gasteiger partial charge in [0.15, 0.2) is 5.75 Å². The van der Waals surface area contributed by atoms with E-state index in [1.807, 2.05) is 0 Å². The number of nitrogens with one attached hydrogen (secondary N) is 1. The molecule has 0 atom stereocenters. The number of amides is 1. The summed E-state index contributed by atoms with van der Waals surface area (Å²) in [6, 6.07) is 9.59. The maximum atomic E-state index is 12.2. The molecule has 2 aromatic carbocycles. The van der Waals surface area contributed by atoms with Crippen LogP contribution in [0, 0.1) is 21.4 Å². The number of anilines is 1. The van der Waals surface area contributed by atoms with Gasteiger partial charge < -0.3 is 20.3 Å². The fraction of sp³-hybridized carbons (Fsp3) is 0.0588. The highest BCUT2D eigenvalue weighted by Gasteiger charge is 2.20. The SMILES string of the molecule is COc1cc(/C=C(\C#N)C(=O)Nc2ccc(O)cc2)cc([N+](=O)[O-])c1O. The number of rotatable bonds is 5. The molecule has 0 bridgehead atoms.